The summed E-state index contributed by atoms with van der Waals surface area (Å²) in [5.41, 5.74) is 0.371. The molecular weight excluding hydrogens is 412 g/mol. The summed E-state index contributed by atoms with van der Waals surface area (Å²) in [6.07, 6.45) is 2.74. The SMILES string of the molecule is O=C(C=Cc1ccco1)OC(C(=O)Nc1ccc([N+](=O)[O-])cc1Cl)c1ccccc1. The van der Waals surface area contributed by atoms with Crippen molar-refractivity contribution in [1.82, 2.24) is 0 Å². The van der Waals surface area contributed by atoms with Gasteiger partial charge in [0.2, 0.25) is 6.10 Å². The molecule has 1 N–H and O–H groups in total. The number of carbonyl (C=O) groups excluding carboxylic acids is 2. The van der Waals surface area contributed by atoms with Gasteiger partial charge in [0, 0.05) is 23.8 Å². The van der Waals surface area contributed by atoms with Gasteiger partial charge < -0.3 is 14.5 Å². The van der Waals surface area contributed by atoms with Crippen LogP contribution >= 0.6 is 11.6 Å². The first-order chi connectivity index (χ1) is 14.4. The van der Waals surface area contributed by atoms with Crippen LogP contribution in [0.1, 0.15) is 17.4 Å². The summed E-state index contributed by atoms with van der Waals surface area (Å²) >= 11 is 6.03. The number of non-ortho nitro benzene ring substituents is 1. The van der Waals surface area contributed by atoms with Gasteiger partial charge in [-0.1, -0.05) is 41.9 Å². The van der Waals surface area contributed by atoms with E-state index in [9.17, 15) is 19.7 Å². The van der Waals surface area contributed by atoms with Crippen molar-refractivity contribution < 1.29 is 23.7 Å². The number of nitrogens with zero attached hydrogens (tertiary/aromatic N) is 1. The summed E-state index contributed by atoms with van der Waals surface area (Å²) in [7, 11) is 0. The van der Waals surface area contributed by atoms with E-state index in [1.54, 1.807) is 42.5 Å². The van der Waals surface area contributed by atoms with Gasteiger partial charge in [0.15, 0.2) is 0 Å². The largest absolute Gasteiger partial charge is 0.465 e. The molecule has 2 aromatic carbocycles. The lowest BCUT2D eigenvalue weighted by molar-refractivity contribution is -0.384. The summed E-state index contributed by atoms with van der Waals surface area (Å²) in [6, 6.07) is 15.4. The van der Waals surface area contributed by atoms with Crippen LogP contribution in [0.15, 0.2) is 77.4 Å². The zero-order valence-corrected chi connectivity index (χ0v) is 16.1. The first-order valence-electron chi connectivity index (χ1n) is 8.66. The molecule has 30 heavy (non-hydrogen) atoms. The molecule has 1 heterocycles. The molecule has 0 aliphatic rings. The van der Waals surface area contributed by atoms with Gasteiger partial charge in [-0.25, -0.2) is 4.79 Å². The quantitative estimate of drug-likeness (QED) is 0.252. The van der Waals surface area contributed by atoms with Crippen molar-refractivity contribution in [3.63, 3.8) is 0 Å². The van der Waals surface area contributed by atoms with E-state index in [4.69, 9.17) is 20.8 Å². The van der Waals surface area contributed by atoms with Crippen LogP contribution in [0.5, 0.6) is 0 Å². The van der Waals surface area contributed by atoms with Crippen molar-refractivity contribution in [3.05, 3.63) is 99.5 Å². The fraction of sp³-hybridized carbons (Fsp3) is 0.0476. The summed E-state index contributed by atoms with van der Waals surface area (Å²) < 4.78 is 10.4. The molecule has 152 valence electrons. The average Bonchev–Trinajstić information content (AvgIpc) is 3.26. The topological polar surface area (TPSA) is 112 Å². The Labute approximate surface area is 175 Å². The molecule has 0 fully saturated rings. The van der Waals surface area contributed by atoms with E-state index in [0.717, 1.165) is 12.1 Å². The van der Waals surface area contributed by atoms with Gasteiger partial charge in [0.25, 0.3) is 11.6 Å². The molecule has 1 aromatic heterocycles. The standard InChI is InChI=1S/C21H15ClN2O6/c22-17-13-15(24(27)28)8-10-18(17)23-21(26)20(14-5-2-1-3-6-14)30-19(25)11-9-16-7-4-12-29-16/h1-13,20H,(H,23,26). The highest BCUT2D eigenvalue weighted by Gasteiger charge is 2.25. The number of nitrogens with one attached hydrogen (secondary N) is 1. The predicted molar refractivity (Wildman–Crippen MR) is 110 cm³/mol. The first-order valence-corrected chi connectivity index (χ1v) is 9.04. The molecule has 8 nitrogen and oxygen atoms in total. The molecule has 0 spiro atoms. The molecule has 1 atom stereocenters. The van der Waals surface area contributed by atoms with Crippen LogP contribution in [0.3, 0.4) is 0 Å². The summed E-state index contributed by atoms with van der Waals surface area (Å²) in [6.45, 7) is 0. The van der Waals surface area contributed by atoms with E-state index in [0.29, 0.717) is 11.3 Å². The first kappa shape index (κ1) is 20.8. The molecule has 1 unspecified atom stereocenters. The van der Waals surface area contributed by atoms with Gasteiger partial charge in [0.1, 0.15) is 5.76 Å². The van der Waals surface area contributed by atoms with Crippen LogP contribution < -0.4 is 5.32 Å². The maximum atomic E-state index is 12.8. The van der Waals surface area contributed by atoms with Gasteiger partial charge in [0.05, 0.1) is 21.9 Å². The molecule has 0 aliphatic heterocycles. The van der Waals surface area contributed by atoms with Crippen molar-refractivity contribution in [3.8, 4) is 0 Å². The number of rotatable bonds is 7. The number of esters is 1. The van der Waals surface area contributed by atoms with Crippen LogP contribution in [-0.4, -0.2) is 16.8 Å². The number of carbonyl (C=O) groups is 2. The minimum absolute atomic E-state index is 0.0200. The fourth-order valence-electron chi connectivity index (χ4n) is 2.51. The number of amides is 1. The molecular formula is C21H15ClN2O6. The summed E-state index contributed by atoms with van der Waals surface area (Å²) in [4.78, 5) is 35.3. The number of benzene rings is 2. The third-order valence-corrected chi connectivity index (χ3v) is 4.24. The fourth-order valence-corrected chi connectivity index (χ4v) is 2.73. The number of anilines is 1. The van der Waals surface area contributed by atoms with Gasteiger partial charge in [-0.3, -0.25) is 14.9 Å². The Morgan fingerprint density at radius 2 is 1.90 bits per heavy atom. The molecule has 3 aromatic rings. The zero-order valence-electron chi connectivity index (χ0n) is 15.4. The second-order valence-corrected chi connectivity index (χ2v) is 6.39. The van der Waals surface area contributed by atoms with Gasteiger partial charge in [-0.05, 0) is 24.3 Å². The lowest BCUT2D eigenvalue weighted by Gasteiger charge is -2.17. The lowest BCUT2D eigenvalue weighted by atomic mass is 10.1. The molecule has 0 saturated heterocycles. The molecule has 1 amide bonds. The zero-order chi connectivity index (χ0) is 21.5. The Morgan fingerprint density at radius 1 is 1.13 bits per heavy atom. The third-order valence-electron chi connectivity index (χ3n) is 3.92. The number of nitro groups is 1. The van der Waals surface area contributed by atoms with Crippen LogP contribution in [0.4, 0.5) is 11.4 Å². The smallest absolute Gasteiger partial charge is 0.332 e. The Bertz CT molecular complexity index is 1080. The minimum Gasteiger partial charge on any atom is -0.465 e. The molecule has 9 heteroatoms. The number of furan rings is 1. The van der Waals surface area contributed by atoms with Gasteiger partial charge >= 0.3 is 5.97 Å². The van der Waals surface area contributed by atoms with Crippen molar-refractivity contribution in [1.29, 1.82) is 0 Å². The van der Waals surface area contributed by atoms with Crippen molar-refractivity contribution in [2.24, 2.45) is 0 Å². The van der Waals surface area contributed by atoms with E-state index >= 15 is 0 Å². The minimum atomic E-state index is -1.27. The van der Waals surface area contributed by atoms with Crippen LogP contribution in [0, 0.1) is 10.1 Å². The van der Waals surface area contributed by atoms with Gasteiger partial charge in [-0.2, -0.15) is 0 Å². The maximum absolute atomic E-state index is 12.8. The molecule has 3 rings (SSSR count). The number of halogens is 1. The van der Waals surface area contributed by atoms with Gasteiger partial charge in [-0.15, -0.1) is 0 Å². The van der Waals surface area contributed by atoms with E-state index < -0.39 is 22.9 Å². The van der Waals surface area contributed by atoms with Crippen molar-refractivity contribution in [2.75, 3.05) is 5.32 Å². The monoisotopic (exact) mass is 426 g/mol. The summed E-state index contributed by atoms with van der Waals surface area (Å²) in [5.74, 6) is -0.979. The third kappa shape index (κ3) is 5.33. The summed E-state index contributed by atoms with van der Waals surface area (Å²) in [5, 5.41) is 13.4. The average molecular weight is 427 g/mol. The second-order valence-electron chi connectivity index (χ2n) is 5.99. The van der Waals surface area contributed by atoms with E-state index in [1.165, 1.54) is 24.5 Å². The van der Waals surface area contributed by atoms with E-state index in [2.05, 4.69) is 5.32 Å². The number of ether oxygens (including phenoxy) is 1. The highest BCUT2D eigenvalue weighted by atomic mass is 35.5. The van der Waals surface area contributed by atoms with Crippen molar-refractivity contribution in [2.45, 2.75) is 6.10 Å². The van der Waals surface area contributed by atoms with E-state index in [-0.39, 0.29) is 16.4 Å². The Balaban J connectivity index is 1.79. The predicted octanol–water partition coefficient (Wildman–Crippen LogP) is 4.78. The van der Waals surface area contributed by atoms with Crippen LogP contribution in [-0.2, 0) is 14.3 Å². The van der Waals surface area contributed by atoms with Crippen LogP contribution in [0.2, 0.25) is 5.02 Å². The Hall–Kier alpha value is -3.91. The molecule has 0 aliphatic carbocycles. The Kier molecular flexibility index (Phi) is 6.61. The van der Waals surface area contributed by atoms with Crippen LogP contribution in [0.25, 0.3) is 6.08 Å². The lowest BCUT2D eigenvalue weighted by Crippen LogP contribution is -2.25. The number of hydrogen-bond donors (Lipinski definition) is 1. The maximum Gasteiger partial charge on any atom is 0.332 e. The normalized spacial score (nSPS) is 11.8. The van der Waals surface area contributed by atoms with Crippen molar-refractivity contribution >= 4 is 40.9 Å². The molecule has 0 radical (unpaired) electrons. The number of hydrogen-bond acceptors (Lipinski definition) is 6. The highest BCUT2D eigenvalue weighted by Crippen LogP contribution is 2.28. The molecule has 0 saturated carbocycles. The second kappa shape index (κ2) is 9.53. The number of nitro benzene ring substituents is 1. The Morgan fingerprint density at radius 3 is 2.53 bits per heavy atom. The highest BCUT2D eigenvalue weighted by molar-refractivity contribution is 6.34. The van der Waals surface area contributed by atoms with E-state index in [1.807, 2.05) is 0 Å². The molecule has 0 bridgehead atoms.